The number of fused-ring (bicyclic) bond motifs is 1. The van der Waals surface area contributed by atoms with Gasteiger partial charge in [0.05, 0.1) is 35.2 Å². The van der Waals surface area contributed by atoms with Crippen LogP contribution < -0.4 is 5.32 Å². The molecule has 1 amide bonds. The highest BCUT2D eigenvalue weighted by Gasteiger charge is 2.16. The molecule has 0 spiro atoms. The molecular formula is C20H20N6O. The molecule has 0 saturated heterocycles. The molecule has 27 heavy (non-hydrogen) atoms. The van der Waals surface area contributed by atoms with Crippen molar-refractivity contribution in [3.8, 4) is 11.3 Å². The van der Waals surface area contributed by atoms with E-state index in [9.17, 15) is 4.79 Å². The third-order valence-electron chi connectivity index (χ3n) is 4.82. The van der Waals surface area contributed by atoms with Gasteiger partial charge in [0, 0.05) is 36.9 Å². The molecule has 0 unspecified atom stereocenters. The van der Waals surface area contributed by atoms with Gasteiger partial charge in [-0.05, 0) is 25.1 Å². The second-order valence-corrected chi connectivity index (χ2v) is 6.47. The van der Waals surface area contributed by atoms with Gasteiger partial charge < -0.3 is 5.32 Å². The van der Waals surface area contributed by atoms with E-state index in [1.807, 2.05) is 57.4 Å². The summed E-state index contributed by atoms with van der Waals surface area (Å²) in [5.41, 5.74) is 4.97. The molecule has 7 nitrogen and oxygen atoms in total. The monoisotopic (exact) mass is 360 g/mol. The number of pyridine rings is 1. The zero-order chi connectivity index (χ0) is 19.0. The Labute approximate surface area is 156 Å². The summed E-state index contributed by atoms with van der Waals surface area (Å²) in [6.45, 7) is 2.40. The van der Waals surface area contributed by atoms with Crippen molar-refractivity contribution >= 4 is 16.8 Å². The first kappa shape index (κ1) is 17.0. The lowest BCUT2D eigenvalue weighted by Gasteiger charge is -2.11. The van der Waals surface area contributed by atoms with E-state index >= 15 is 0 Å². The molecule has 1 aromatic carbocycles. The van der Waals surface area contributed by atoms with Crippen molar-refractivity contribution in [2.24, 2.45) is 14.1 Å². The van der Waals surface area contributed by atoms with E-state index in [-0.39, 0.29) is 5.91 Å². The molecular weight excluding hydrogens is 340 g/mol. The molecule has 4 rings (SSSR count). The Balaban J connectivity index is 1.75. The Bertz CT molecular complexity index is 1140. The SMILES string of the molecule is Cc1c(-c2cc(C(=O)NCc3ccnn3C)c3ccccc3n2)cnn1C. The van der Waals surface area contributed by atoms with Gasteiger partial charge in [-0.3, -0.25) is 14.2 Å². The topological polar surface area (TPSA) is 77.6 Å². The van der Waals surface area contributed by atoms with Gasteiger partial charge >= 0.3 is 0 Å². The smallest absolute Gasteiger partial charge is 0.252 e. The molecule has 4 aromatic rings. The summed E-state index contributed by atoms with van der Waals surface area (Å²) in [4.78, 5) is 17.7. The van der Waals surface area contributed by atoms with Crippen LogP contribution in [0.2, 0.25) is 0 Å². The number of rotatable bonds is 4. The number of carbonyl (C=O) groups is 1. The van der Waals surface area contributed by atoms with Gasteiger partial charge in [0.15, 0.2) is 0 Å². The van der Waals surface area contributed by atoms with Crippen molar-refractivity contribution in [2.45, 2.75) is 13.5 Å². The van der Waals surface area contributed by atoms with Crippen LogP contribution in [0.5, 0.6) is 0 Å². The highest BCUT2D eigenvalue weighted by molar-refractivity contribution is 6.07. The molecule has 0 aliphatic heterocycles. The van der Waals surface area contributed by atoms with Crippen molar-refractivity contribution in [3.05, 3.63) is 65.7 Å². The summed E-state index contributed by atoms with van der Waals surface area (Å²) >= 11 is 0. The second kappa shape index (κ2) is 6.68. The fourth-order valence-electron chi connectivity index (χ4n) is 3.09. The molecule has 0 radical (unpaired) electrons. The molecule has 0 saturated carbocycles. The van der Waals surface area contributed by atoms with Crippen molar-refractivity contribution in [3.63, 3.8) is 0 Å². The number of hydrogen-bond acceptors (Lipinski definition) is 4. The summed E-state index contributed by atoms with van der Waals surface area (Å²) in [7, 11) is 3.74. The Morgan fingerprint density at radius 2 is 1.93 bits per heavy atom. The van der Waals surface area contributed by atoms with Gasteiger partial charge in [-0.25, -0.2) is 4.98 Å². The van der Waals surface area contributed by atoms with Crippen molar-refractivity contribution in [1.82, 2.24) is 29.9 Å². The number of carbonyl (C=O) groups excluding carboxylic acids is 1. The van der Waals surface area contributed by atoms with Gasteiger partial charge in [0.1, 0.15) is 0 Å². The normalized spacial score (nSPS) is 11.1. The van der Waals surface area contributed by atoms with Gasteiger partial charge in [-0.1, -0.05) is 18.2 Å². The number of nitrogens with one attached hydrogen (secondary N) is 1. The highest BCUT2D eigenvalue weighted by Crippen LogP contribution is 2.26. The van der Waals surface area contributed by atoms with E-state index in [1.165, 1.54) is 0 Å². The number of benzene rings is 1. The first-order valence-electron chi connectivity index (χ1n) is 8.68. The summed E-state index contributed by atoms with van der Waals surface area (Å²) in [5.74, 6) is -0.141. The third kappa shape index (κ3) is 3.08. The maximum atomic E-state index is 12.9. The molecule has 0 fully saturated rings. The second-order valence-electron chi connectivity index (χ2n) is 6.47. The minimum atomic E-state index is -0.141. The number of para-hydroxylation sites is 1. The van der Waals surface area contributed by atoms with Crippen LogP contribution in [-0.2, 0) is 20.6 Å². The molecule has 7 heteroatoms. The summed E-state index contributed by atoms with van der Waals surface area (Å²) in [6, 6.07) is 11.4. The predicted octanol–water partition coefficient (Wildman–Crippen LogP) is 2.61. The Morgan fingerprint density at radius 3 is 2.63 bits per heavy atom. The van der Waals surface area contributed by atoms with Gasteiger partial charge in [-0.2, -0.15) is 10.2 Å². The van der Waals surface area contributed by atoms with E-state index in [2.05, 4.69) is 15.5 Å². The van der Waals surface area contributed by atoms with Crippen LogP contribution in [0.25, 0.3) is 22.2 Å². The highest BCUT2D eigenvalue weighted by atomic mass is 16.1. The third-order valence-corrected chi connectivity index (χ3v) is 4.82. The molecule has 0 aliphatic carbocycles. The van der Waals surface area contributed by atoms with Crippen molar-refractivity contribution in [2.75, 3.05) is 0 Å². The van der Waals surface area contributed by atoms with E-state index < -0.39 is 0 Å². The first-order chi connectivity index (χ1) is 13.0. The number of amides is 1. The average Bonchev–Trinajstić information content (AvgIpc) is 3.24. The molecule has 0 aliphatic rings. The van der Waals surface area contributed by atoms with Crippen molar-refractivity contribution in [1.29, 1.82) is 0 Å². The average molecular weight is 360 g/mol. The van der Waals surface area contributed by atoms with E-state index in [1.54, 1.807) is 21.8 Å². The lowest BCUT2D eigenvalue weighted by atomic mass is 10.0. The number of nitrogens with zero attached hydrogens (tertiary/aromatic N) is 5. The molecule has 1 N–H and O–H groups in total. The number of hydrogen-bond donors (Lipinski definition) is 1. The van der Waals surface area contributed by atoms with Gasteiger partial charge in [0.2, 0.25) is 0 Å². The molecule has 0 atom stereocenters. The Morgan fingerprint density at radius 1 is 1.11 bits per heavy atom. The Hall–Kier alpha value is -3.48. The predicted molar refractivity (Wildman–Crippen MR) is 103 cm³/mol. The zero-order valence-electron chi connectivity index (χ0n) is 15.5. The quantitative estimate of drug-likeness (QED) is 0.607. The molecule has 3 aromatic heterocycles. The van der Waals surface area contributed by atoms with Crippen LogP contribution in [-0.4, -0.2) is 30.5 Å². The Kier molecular flexibility index (Phi) is 4.19. The molecule has 0 bridgehead atoms. The van der Waals surface area contributed by atoms with E-state index in [0.717, 1.165) is 33.5 Å². The summed E-state index contributed by atoms with van der Waals surface area (Å²) in [6.07, 6.45) is 3.50. The summed E-state index contributed by atoms with van der Waals surface area (Å²) in [5, 5.41) is 12.2. The fraction of sp³-hybridized carbons (Fsp3) is 0.200. The summed E-state index contributed by atoms with van der Waals surface area (Å²) < 4.78 is 3.55. The maximum Gasteiger partial charge on any atom is 0.252 e. The largest absolute Gasteiger partial charge is 0.346 e. The minimum absolute atomic E-state index is 0.141. The van der Waals surface area contributed by atoms with Crippen LogP contribution >= 0.6 is 0 Å². The van der Waals surface area contributed by atoms with Crippen LogP contribution in [0.1, 0.15) is 21.7 Å². The minimum Gasteiger partial charge on any atom is -0.346 e. The van der Waals surface area contributed by atoms with Crippen LogP contribution in [0, 0.1) is 6.92 Å². The lowest BCUT2D eigenvalue weighted by Crippen LogP contribution is -2.24. The van der Waals surface area contributed by atoms with Gasteiger partial charge in [-0.15, -0.1) is 0 Å². The van der Waals surface area contributed by atoms with Crippen LogP contribution in [0.4, 0.5) is 0 Å². The van der Waals surface area contributed by atoms with E-state index in [4.69, 9.17) is 4.98 Å². The number of aryl methyl sites for hydroxylation is 2. The van der Waals surface area contributed by atoms with Crippen LogP contribution in [0.15, 0.2) is 48.8 Å². The number of aromatic nitrogens is 5. The fourth-order valence-corrected chi connectivity index (χ4v) is 3.09. The first-order valence-corrected chi connectivity index (χ1v) is 8.68. The van der Waals surface area contributed by atoms with E-state index in [0.29, 0.717) is 12.1 Å². The lowest BCUT2D eigenvalue weighted by molar-refractivity contribution is 0.0951. The van der Waals surface area contributed by atoms with Gasteiger partial charge in [0.25, 0.3) is 5.91 Å². The molecule has 3 heterocycles. The standard InChI is InChI=1S/C20H20N6O/c1-13-17(12-23-25(13)2)19-10-16(15-6-4-5-7-18(15)24-19)20(27)21-11-14-8-9-22-26(14)3/h4-10,12H,11H2,1-3H3,(H,21,27). The zero-order valence-corrected chi connectivity index (χ0v) is 15.5. The molecule has 136 valence electrons. The van der Waals surface area contributed by atoms with Crippen molar-refractivity contribution < 1.29 is 4.79 Å². The maximum absolute atomic E-state index is 12.9. The van der Waals surface area contributed by atoms with Crippen LogP contribution in [0.3, 0.4) is 0 Å².